The molecule has 1 atom stereocenters. The highest BCUT2D eigenvalue weighted by Crippen LogP contribution is 2.26. The number of anilines is 1. The van der Waals surface area contributed by atoms with Crippen LogP contribution in [0, 0.1) is 5.82 Å². The van der Waals surface area contributed by atoms with Crippen LogP contribution in [0.25, 0.3) is 16.2 Å². The fourth-order valence-corrected chi connectivity index (χ4v) is 3.62. The van der Waals surface area contributed by atoms with Gasteiger partial charge in [-0.25, -0.2) is 19.2 Å². The van der Waals surface area contributed by atoms with E-state index >= 15 is 0 Å². The summed E-state index contributed by atoms with van der Waals surface area (Å²) in [6.07, 6.45) is 2.61. The summed E-state index contributed by atoms with van der Waals surface area (Å²) in [5.41, 5.74) is -1.18. The SMILES string of the molecule is O=C(O)c1cn(-c2nccs2)c2nc(N3CC[C@H](O)C3)c(F)cc2c1=O. The van der Waals surface area contributed by atoms with Crippen molar-refractivity contribution in [2.45, 2.75) is 12.5 Å². The Kier molecular flexibility index (Phi) is 3.93. The zero-order chi connectivity index (χ0) is 18.4. The van der Waals surface area contributed by atoms with Gasteiger partial charge in [0.25, 0.3) is 0 Å². The van der Waals surface area contributed by atoms with E-state index in [1.807, 2.05) is 0 Å². The first-order chi connectivity index (χ1) is 12.5. The number of aliphatic hydroxyl groups excluding tert-OH is 1. The predicted molar refractivity (Wildman–Crippen MR) is 92.8 cm³/mol. The van der Waals surface area contributed by atoms with Crippen LogP contribution < -0.4 is 10.3 Å². The summed E-state index contributed by atoms with van der Waals surface area (Å²) in [5, 5.41) is 20.9. The van der Waals surface area contributed by atoms with E-state index in [1.54, 1.807) is 10.3 Å². The average Bonchev–Trinajstić information content (AvgIpc) is 3.26. The van der Waals surface area contributed by atoms with Crippen LogP contribution in [0.15, 0.2) is 28.6 Å². The number of aromatic carboxylic acids is 1. The van der Waals surface area contributed by atoms with Gasteiger partial charge in [0.2, 0.25) is 5.43 Å². The zero-order valence-electron chi connectivity index (χ0n) is 13.3. The highest BCUT2D eigenvalue weighted by Gasteiger charge is 2.26. The number of nitrogens with zero attached hydrogens (tertiary/aromatic N) is 4. The number of rotatable bonds is 3. The van der Waals surface area contributed by atoms with Gasteiger partial charge >= 0.3 is 5.97 Å². The molecule has 4 heterocycles. The van der Waals surface area contributed by atoms with Crippen LogP contribution in [0.3, 0.4) is 0 Å². The van der Waals surface area contributed by atoms with Crippen molar-refractivity contribution < 1.29 is 19.4 Å². The Morgan fingerprint density at radius 1 is 1.42 bits per heavy atom. The fraction of sp³-hybridized carbons (Fsp3) is 0.250. The van der Waals surface area contributed by atoms with Gasteiger partial charge in [-0.2, -0.15) is 0 Å². The van der Waals surface area contributed by atoms with Crippen molar-refractivity contribution in [3.8, 4) is 5.13 Å². The molecule has 0 radical (unpaired) electrons. The molecule has 4 rings (SSSR count). The molecule has 0 unspecified atom stereocenters. The number of hydrogen-bond acceptors (Lipinski definition) is 7. The van der Waals surface area contributed by atoms with Crippen LogP contribution in [0.5, 0.6) is 0 Å². The number of fused-ring (bicyclic) bond motifs is 1. The Labute approximate surface area is 149 Å². The predicted octanol–water partition coefficient (Wildman–Crippen LogP) is 1.25. The molecule has 3 aromatic heterocycles. The first kappa shape index (κ1) is 16.6. The monoisotopic (exact) mass is 376 g/mol. The van der Waals surface area contributed by atoms with E-state index in [0.717, 1.165) is 12.3 Å². The highest BCUT2D eigenvalue weighted by molar-refractivity contribution is 7.12. The Bertz CT molecular complexity index is 1070. The largest absolute Gasteiger partial charge is 0.477 e. The lowest BCUT2D eigenvalue weighted by atomic mass is 10.2. The molecule has 1 fully saturated rings. The fourth-order valence-electron chi connectivity index (χ4n) is 3.00. The summed E-state index contributed by atoms with van der Waals surface area (Å²) in [4.78, 5) is 33.9. The molecule has 3 aromatic rings. The van der Waals surface area contributed by atoms with Gasteiger partial charge in [-0.05, 0) is 12.5 Å². The van der Waals surface area contributed by atoms with Crippen molar-refractivity contribution in [1.29, 1.82) is 0 Å². The second kappa shape index (κ2) is 6.15. The summed E-state index contributed by atoms with van der Waals surface area (Å²) in [6.45, 7) is 0.676. The Balaban J connectivity index is 2.02. The standard InChI is InChI=1S/C16H13FN4O4S/c17-11-5-9-12(23)10(15(24)25)7-21(16-18-2-4-26-16)13(9)19-14(11)20-3-1-8(22)6-20/h2,4-5,7-8,22H,1,3,6H2,(H,24,25)/t8-/m0/s1. The third-order valence-electron chi connectivity index (χ3n) is 4.23. The van der Waals surface area contributed by atoms with Crippen LogP contribution in [0.4, 0.5) is 10.2 Å². The molecule has 1 aliphatic rings. The van der Waals surface area contributed by atoms with Crippen LogP contribution in [-0.4, -0.2) is 49.9 Å². The lowest BCUT2D eigenvalue weighted by molar-refractivity contribution is 0.0695. The van der Waals surface area contributed by atoms with Gasteiger partial charge < -0.3 is 15.1 Å². The number of pyridine rings is 2. The molecule has 8 nitrogen and oxygen atoms in total. The molecule has 0 aliphatic carbocycles. The summed E-state index contributed by atoms with van der Waals surface area (Å²) >= 11 is 1.23. The number of thiazole rings is 1. The molecule has 0 aromatic carbocycles. The molecule has 1 saturated heterocycles. The van der Waals surface area contributed by atoms with E-state index in [4.69, 9.17) is 0 Å². The topological polar surface area (TPSA) is 109 Å². The van der Waals surface area contributed by atoms with Crippen molar-refractivity contribution in [2.24, 2.45) is 0 Å². The van der Waals surface area contributed by atoms with Crippen molar-refractivity contribution >= 4 is 34.2 Å². The van der Waals surface area contributed by atoms with E-state index in [0.29, 0.717) is 18.1 Å². The molecule has 0 amide bonds. The van der Waals surface area contributed by atoms with Gasteiger partial charge in [-0.1, -0.05) is 0 Å². The number of aliphatic hydroxyl groups is 1. The molecular formula is C16H13FN4O4S. The minimum Gasteiger partial charge on any atom is -0.477 e. The second-order valence-corrected chi connectivity index (χ2v) is 6.79. The normalized spacial score (nSPS) is 17.2. The number of β-amino-alcohol motifs (C(OH)–C–C–N with tert-alkyl or cyclic N) is 1. The smallest absolute Gasteiger partial charge is 0.341 e. The Hall–Kier alpha value is -2.85. The third kappa shape index (κ3) is 2.63. The van der Waals surface area contributed by atoms with Gasteiger partial charge in [-0.3, -0.25) is 9.36 Å². The lowest BCUT2D eigenvalue weighted by Crippen LogP contribution is -2.25. The summed E-state index contributed by atoms with van der Waals surface area (Å²) in [5.74, 6) is -2.13. The van der Waals surface area contributed by atoms with E-state index in [-0.39, 0.29) is 23.4 Å². The summed E-state index contributed by atoms with van der Waals surface area (Å²) in [6, 6.07) is 1.00. The van der Waals surface area contributed by atoms with Crippen LogP contribution >= 0.6 is 11.3 Å². The molecule has 26 heavy (non-hydrogen) atoms. The number of carboxylic acid groups (broad SMARTS) is 1. The van der Waals surface area contributed by atoms with Crippen LogP contribution in [0.1, 0.15) is 16.8 Å². The van der Waals surface area contributed by atoms with Gasteiger partial charge in [-0.15, -0.1) is 11.3 Å². The van der Waals surface area contributed by atoms with Crippen molar-refractivity contribution in [1.82, 2.24) is 14.5 Å². The number of hydrogen-bond donors (Lipinski definition) is 2. The maximum absolute atomic E-state index is 14.6. The van der Waals surface area contributed by atoms with Gasteiger partial charge in [0, 0.05) is 30.9 Å². The number of halogens is 1. The third-order valence-corrected chi connectivity index (χ3v) is 5.00. The lowest BCUT2D eigenvalue weighted by Gasteiger charge is -2.18. The van der Waals surface area contributed by atoms with Crippen molar-refractivity contribution in [2.75, 3.05) is 18.0 Å². The van der Waals surface area contributed by atoms with E-state index in [1.165, 1.54) is 22.1 Å². The maximum atomic E-state index is 14.6. The molecule has 1 aliphatic heterocycles. The first-order valence-corrected chi connectivity index (χ1v) is 8.65. The van der Waals surface area contributed by atoms with Crippen LogP contribution in [-0.2, 0) is 0 Å². The maximum Gasteiger partial charge on any atom is 0.341 e. The molecule has 134 valence electrons. The van der Waals surface area contributed by atoms with E-state index in [9.17, 15) is 24.2 Å². The van der Waals surface area contributed by atoms with Gasteiger partial charge in [0.15, 0.2) is 22.4 Å². The molecule has 2 N–H and O–H groups in total. The molecule has 0 spiro atoms. The average molecular weight is 376 g/mol. The first-order valence-electron chi connectivity index (χ1n) is 7.78. The highest BCUT2D eigenvalue weighted by atomic mass is 32.1. The zero-order valence-corrected chi connectivity index (χ0v) is 14.1. The minimum absolute atomic E-state index is 0.0156. The molecule has 10 heteroatoms. The van der Waals surface area contributed by atoms with Crippen molar-refractivity contribution in [3.63, 3.8) is 0 Å². The Morgan fingerprint density at radius 3 is 2.85 bits per heavy atom. The molecule has 0 bridgehead atoms. The molecular weight excluding hydrogens is 363 g/mol. The number of aromatic nitrogens is 3. The quantitative estimate of drug-likeness (QED) is 0.708. The summed E-state index contributed by atoms with van der Waals surface area (Å²) in [7, 11) is 0. The second-order valence-electron chi connectivity index (χ2n) is 5.92. The van der Waals surface area contributed by atoms with E-state index in [2.05, 4.69) is 9.97 Å². The van der Waals surface area contributed by atoms with Crippen LogP contribution in [0.2, 0.25) is 0 Å². The summed E-state index contributed by atoms with van der Waals surface area (Å²) < 4.78 is 16.0. The van der Waals surface area contributed by atoms with E-state index < -0.39 is 28.9 Å². The Morgan fingerprint density at radius 2 is 2.23 bits per heavy atom. The van der Waals surface area contributed by atoms with Gasteiger partial charge in [0.1, 0.15) is 5.56 Å². The van der Waals surface area contributed by atoms with Gasteiger partial charge in [0.05, 0.1) is 11.5 Å². The van der Waals surface area contributed by atoms with Crippen molar-refractivity contribution in [3.05, 3.63) is 45.4 Å². The number of carbonyl (C=O) groups is 1. The minimum atomic E-state index is -1.41. The number of carboxylic acids is 1. The molecule has 0 saturated carbocycles.